The number of pyridine rings is 2. The molecule has 6 aromatic rings. The maximum Gasteiger partial charge on any atom is 0.0300 e. The summed E-state index contributed by atoms with van der Waals surface area (Å²) in [4.78, 5) is 9.22. The van der Waals surface area contributed by atoms with E-state index in [4.69, 9.17) is 4.98 Å². The Morgan fingerprint density at radius 1 is 0.864 bits per heavy atom. The molecule has 1 aliphatic rings. The summed E-state index contributed by atoms with van der Waals surface area (Å²) in [7, 11) is -1.48. The van der Waals surface area contributed by atoms with E-state index in [1.165, 1.54) is 67.7 Å². The molecular weight excluding hydrogens is 749 g/mol. The zero-order valence-electron chi connectivity index (χ0n) is 26.3. The van der Waals surface area contributed by atoms with Crippen LogP contribution in [0, 0.1) is 12.1 Å². The minimum atomic E-state index is -1.48. The fourth-order valence-corrected chi connectivity index (χ4v) is 8.95. The molecular formula is C39H40IrN2SSi-2. The van der Waals surface area contributed by atoms with Crippen LogP contribution in [-0.2, 0) is 20.1 Å². The second kappa shape index (κ2) is 14.0. The van der Waals surface area contributed by atoms with Crippen LogP contribution in [0.4, 0.5) is 0 Å². The first-order valence-electron chi connectivity index (χ1n) is 15.6. The van der Waals surface area contributed by atoms with Crippen LogP contribution in [-0.4, -0.2) is 18.0 Å². The largest absolute Gasteiger partial charge is 0.305 e. The van der Waals surface area contributed by atoms with Gasteiger partial charge < -0.3 is 9.97 Å². The van der Waals surface area contributed by atoms with E-state index in [1.54, 1.807) is 0 Å². The van der Waals surface area contributed by atoms with Crippen molar-refractivity contribution in [3.63, 3.8) is 0 Å². The van der Waals surface area contributed by atoms with Crippen molar-refractivity contribution < 1.29 is 20.1 Å². The van der Waals surface area contributed by atoms with E-state index in [2.05, 4.69) is 105 Å². The smallest absolute Gasteiger partial charge is 0.0300 e. The number of benzene rings is 3. The predicted molar refractivity (Wildman–Crippen MR) is 188 cm³/mol. The fraction of sp³-hybridized carbons (Fsp3) is 0.282. The molecule has 1 fully saturated rings. The molecule has 0 bridgehead atoms. The van der Waals surface area contributed by atoms with Gasteiger partial charge in [0.1, 0.15) is 0 Å². The molecule has 0 unspecified atom stereocenters. The van der Waals surface area contributed by atoms with Crippen molar-refractivity contribution in [2.45, 2.75) is 71.0 Å². The third kappa shape index (κ3) is 6.97. The normalized spacial score (nSPS) is 13.6. The molecule has 0 N–H and O–H groups in total. The average molecular weight is 789 g/mol. The van der Waals surface area contributed by atoms with Crippen LogP contribution in [0.2, 0.25) is 19.6 Å². The molecule has 3 aromatic carbocycles. The quantitative estimate of drug-likeness (QED) is 0.128. The van der Waals surface area contributed by atoms with Crippen molar-refractivity contribution in [2.24, 2.45) is 0 Å². The van der Waals surface area contributed by atoms with Crippen molar-refractivity contribution in [2.75, 3.05) is 0 Å². The minimum absolute atomic E-state index is 0. The van der Waals surface area contributed by atoms with Crippen LogP contribution in [0.5, 0.6) is 0 Å². The van der Waals surface area contributed by atoms with Gasteiger partial charge in [0, 0.05) is 45.3 Å². The zero-order valence-corrected chi connectivity index (χ0v) is 30.5. The zero-order chi connectivity index (χ0) is 30.0. The summed E-state index contributed by atoms with van der Waals surface area (Å²) in [5.41, 5.74) is 7.03. The third-order valence-corrected chi connectivity index (χ3v) is 11.8. The molecule has 7 rings (SSSR count). The van der Waals surface area contributed by atoms with Gasteiger partial charge in [-0.05, 0) is 63.8 Å². The second-order valence-electron chi connectivity index (χ2n) is 13.0. The number of nitrogens with zero attached hydrogens (tertiary/aromatic N) is 2. The summed E-state index contributed by atoms with van der Waals surface area (Å²) < 4.78 is 2.72. The van der Waals surface area contributed by atoms with E-state index in [0.717, 1.165) is 17.0 Å². The van der Waals surface area contributed by atoms with Crippen molar-refractivity contribution in [1.29, 1.82) is 0 Å². The molecule has 227 valence electrons. The third-order valence-electron chi connectivity index (χ3n) is 8.57. The van der Waals surface area contributed by atoms with Crippen molar-refractivity contribution in [3.8, 4) is 22.5 Å². The minimum Gasteiger partial charge on any atom is -0.305 e. The summed E-state index contributed by atoms with van der Waals surface area (Å²) in [6.45, 7) is 11.6. The summed E-state index contributed by atoms with van der Waals surface area (Å²) in [5.74, 6) is 1.24. The average Bonchev–Trinajstić information content (AvgIpc) is 3.70. The van der Waals surface area contributed by atoms with E-state index in [0.29, 0.717) is 11.8 Å². The van der Waals surface area contributed by atoms with E-state index >= 15 is 0 Å². The fourth-order valence-electron chi connectivity index (χ4n) is 6.11. The monoisotopic (exact) mass is 789 g/mol. The van der Waals surface area contributed by atoms with E-state index in [-0.39, 0.29) is 20.1 Å². The maximum atomic E-state index is 4.78. The van der Waals surface area contributed by atoms with Gasteiger partial charge in [-0.15, -0.1) is 58.8 Å². The van der Waals surface area contributed by atoms with Crippen LogP contribution in [0.25, 0.3) is 42.7 Å². The number of aromatic nitrogens is 2. The van der Waals surface area contributed by atoms with Crippen LogP contribution in [0.15, 0.2) is 91.3 Å². The molecule has 0 atom stereocenters. The number of hydrogen-bond donors (Lipinski definition) is 0. The Bertz CT molecular complexity index is 1830. The van der Waals surface area contributed by atoms with Gasteiger partial charge in [-0.1, -0.05) is 93.7 Å². The van der Waals surface area contributed by atoms with Gasteiger partial charge in [0.15, 0.2) is 0 Å². The van der Waals surface area contributed by atoms with Crippen LogP contribution < -0.4 is 5.19 Å². The number of thiophene rings is 1. The first kappa shape index (κ1) is 32.4. The Balaban J connectivity index is 0.000000204. The molecule has 1 radical (unpaired) electrons. The van der Waals surface area contributed by atoms with Crippen molar-refractivity contribution >= 4 is 44.8 Å². The molecule has 0 amide bonds. The standard InChI is InChI=1S/C25H26NSSi.C14H14N.Ir/c1-28(2,3)23-13-12-19(25-24(23)20-10-6-7-11-22(20)27-25)21-16-18(14-15-26-21)17-8-4-5-9-17;1-11(2)13-8-9-14(15-10-13)12-6-4-3-5-7-12;/h6-7,10-11,13-17H,4-5,8-9H2,1-3H3;3-6,8-11H,1-2H3;/q2*-1;. The van der Waals surface area contributed by atoms with Crippen LogP contribution >= 0.6 is 11.3 Å². The van der Waals surface area contributed by atoms with E-state index in [1.807, 2.05) is 48.0 Å². The molecule has 0 saturated heterocycles. The molecule has 1 aliphatic carbocycles. The van der Waals surface area contributed by atoms with Crippen LogP contribution in [0.1, 0.15) is 62.5 Å². The summed E-state index contributed by atoms with van der Waals surface area (Å²) in [5, 5.41) is 4.35. The molecule has 44 heavy (non-hydrogen) atoms. The number of rotatable bonds is 5. The van der Waals surface area contributed by atoms with E-state index in [9.17, 15) is 0 Å². The molecule has 2 nitrogen and oxygen atoms in total. The van der Waals surface area contributed by atoms with Crippen LogP contribution in [0.3, 0.4) is 0 Å². The first-order valence-corrected chi connectivity index (χ1v) is 19.9. The molecule has 3 aromatic heterocycles. The van der Waals surface area contributed by atoms with Gasteiger partial charge in [-0.25, -0.2) is 0 Å². The molecule has 3 heterocycles. The van der Waals surface area contributed by atoms with Gasteiger partial charge in [0.25, 0.3) is 0 Å². The SMILES string of the molecule is CC(C)c1ccc(-c2[c-]cccc2)nc1.C[Si](C)(C)c1c[c-]c(-c2cc(C3CCCC3)ccn2)c2sc3ccccc3c12.[Ir]. The summed E-state index contributed by atoms with van der Waals surface area (Å²) in [6.07, 6.45) is 9.31. The molecule has 0 spiro atoms. The maximum absolute atomic E-state index is 4.78. The van der Waals surface area contributed by atoms with Gasteiger partial charge >= 0.3 is 0 Å². The summed E-state index contributed by atoms with van der Waals surface area (Å²) in [6, 6.07) is 34.6. The number of hydrogen-bond acceptors (Lipinski definition) is 3. The van der Waals surface area contributed by atoms with Crippen molar-refractivity contribution in [1.82, 2.24) is 9.97 Å². The topological polar surface area (TPSA) is 25.8 Å². The van der Waals surface area contributed by atoms with Gasteiger partial charge in [-0.2, -0.15) is 11.3 Å². The Hall–Kier alpha value is -2.95. The Kier molecular flexibility index (Phi) is 10.3. The first-order chi connectivity index (χ1) is 20.8. The second-order valence-corrected chi connectivity index (χ2v) is 19.1. The number of fused-ring (bicyclic) bond motifs is 3. The van der Waals surface area contributed by atoms with Crippen molar-refractivity contribution in [3.05, 3.63) is 115 Å². The van der Waals surface area contributed by atoms with Gasteiger partial charge in [-0.3, -0.25) is 0 Å². The Morgan fingerprint density at radius 3 is 2.32 bits per heavy atom. The molecule has 1 saturated carbocycles. The molecule has 5 heteroatoms. The Labute approximate surface area is 281 Å². The summed E-state index contributed by atoms with van der Waals surface area (Å²) >= 11 is 1.90. The van der Waals surface area contributed by atoms with Gasteiger partial charge in [0.2, 0.25) is 0 Å². The molecule has 0 aliphatic heterocycles. The predicted octanol–water partition coefficient (Wildman–Crippen LogP) is 10.8. The van der Waals surface area contributed by atoms with E-state index < -0.39 is 8.07 Å². The van der Waals surface area contributed by atoms with Gasteiger partial charge in [0.05, 0.1) is 0 Å². The Morgan fingerprint density at radius 2 is 1.64 bits per heavy atom.